The van der Waals surface area contributed by atoms with Crippen LogP contribution in [0.3, 0.4) is 0 Å². The molecule has 9 heteroatoms. The predicted octanol–water partition coefficient (Wildman–Crippen LogP) is 2.04. The Labute approximate surface area is 175 Å². The predicted molar refractivity (Wildman–Crippen MR) is 89.6 cm³/mol. The van der Waals surface area contributed by atoms with E-state index in [0.717, 1.165) is 6.42 Å². The van der Waals surface area contributed by atoms with E-state index in [2.05, 4.69) is 69.9 Å². The zero-order valence-corrected chi connectivity index (χ0v) is 17.9. The van der Waals surface area contributed by atoms with Crippen LogP contribution in [0.2, 0.25) is 0 Å². The molecule has 1 fully saturated rings. The summed E-state index contributed by atoms with van der Waals surface area (Å²) in [7, 11) is 3.69. The van der Waals surface area contributed by atoms with Crippen LogP contribution in [0.15, 0.2) is 0 Å². The molecule has 3 atom stereocenters. The molecule has 0 aliphatic heterocycles. The molecule has 0 aromatic carbocycles. The van der Waals surface area contributed by atoms with Gasteiger partial charge in [-0.3, -0.25) is 0 Å². The zero-order chi connectivity index (χ0) is 23.9. The van der Waals surface area contributed by atoms with Crippen molar-refractivity contribution in [3.8, 4) is 0 Å². The van der Waals surface area contributed by atoms with Crippen LogP contribution >= 0.6 is 0 Å². The van der Waals surface area contributed by atoms with Crippen LogP contribution in [-0.4, -0.2) is 35.6 Å². The quantitative estimate of drug-likeness (QED) is 0.384. The Morgan fingerprint density at radius 1 is 0.964 bits per heavy atom. The maximum atomic E-state index is 12.0. The molecule has 0 heterocycles. The standard InChI is InChI=1S/C14H25NO2.5CO.Cr/c1-10(2)12-7-6-11(3)8-13(12)17-14(16)9-15(4)5;5*1-2;/h10-13H,6-8H2,1-5H3;;;;;;/t11-,12-,13+;;;;;;/m0....../s1. The van der Waals surface area contributed by atoms with Crippen molar-refractivity contribution in [2.45, 2.75) is 46.1 Å². The van der Waals surface area contributed by atoms with Crippen molar-refractivity contribution >= 4 is 10.5 Å². The van der Waals surface area contributed by atoms with Gasteiger partial charge in [0.1, 0.15) is 0 Å². The number of nitrogens with zero attached hydrogens (tertiary/aromatic N) is 1. The van der Waals surface area contributed by atoms with Gasteiger partial charge < -0.3 is 0 Å². The third-order valence-electron chi connectivity index (χ3n) is 3.80. The third kappa shape index (κ3) is 17.9. The molecule has 0 unspecified atom stereocenters. The molecule has 1 aliphatic rings. The van der Waals surface area contributed by atoms with Crippen LogP contribution in [0.5, 0.6) is 0 Å². The minimum atomic E-state index is -0.218. The van der Waals surface area contributed by atoms with E-state index in [-0.39, 0.29) is 12.1 Å². The molecule has 1 saturated carbocycles. The summed E-state index contributed by atoms with van der Waals surface area (Å²) < 4.78 is 43.8. The van der Waals surface area contributed by atoms with Crippen LogP contribution in [0.1, 0.15) is 40.0 Å². The Balaban J connectivity index is -0.000000153. The number of likely N-dealkylation sites (N-methyl/N-ethyl adjacent to an activating group) is 1. The molecule has 0 aromatic rings. The second-order valence-electron chi connectivity index (χ2n) is 5.97. The van der Waals surface area contributed by atoms with Gasteiger partial charge in [-0.05, 0) is 0 Å². The molecule has 1 rings (SSSR count). The molecule has 0 N–H and O–H groups in total. The Bertz CT molecular complexity index is 472. The molecule has 0 saturated heterocycles. The third-order valence-corrected chi connectivity index (χ3v) is 4.63. The fraction of sp³-hybridized carbons (Fsp3) is 0.632. The van der Waals surface area contributed by atoms with Crippen molar-refractivity contribution in [2.75, 3.05) is 14.1 Å². The van der Waals surface area contributed by atoms with Gasteiger partial charge in [0.05, 0.1) is 0 Å². The van der Waals surface area contributed by atoms with Gasteiger partial charge in [-0.2, -0.15) is 0 Å². The van der Waals surface area contributed by atoms with Gasteiger partial charge in [0.2, 0.25) is 0 Å². The van der Waals surface area contributed by atoms with E-state index in [4.69, 9.17) is 28.0 Å². The molecular weight excluding hydrogens is 406 g/mol. The molecule has 0 bridgehead atoms. The fourth-order valence-electron chi connectivity index (χ4n) is 2.62. The SMILES string of the molecule is CC(C)[C@@H]1CC[C@H](C)C[C@H]1OC(=O)[C](=[Cr])N(C)C.[C-]#[O+].[C-]#[O+].[C-]#[O+].[C-]#[O+].[C-]#[O+]. The number of ether oxygens (including phenoxy) is 1. The molecule has 0 aromatic heterocycles. The van der Waals surface area contributed by atoms with E-state index in [1.165, 1.54) is 12.8 Å². The van der Waals surface area contributed by atoms with E-state index in [9.17, 15) is 4.79 Å². The number of hydrogen-bond acceptors (Lipinski definition) is 3. The topological polar surface area (TPSA) is 129 Å². The van der Waals surface area contributed by atoms with Crippen molar-refractivity contribution in [2.24, 2.45) is 17.8 Å². The number of carbonyl (C=O) groups is 1. The van der Waals surface area contributed by atoms with Crippen molar-refractivity contribution in [3.63, 3.8) is 0 Å². The molecule has 0 radical (unpaired) electrons. The van der Waals surface area contributed by atoms with Gasteiger partial charge in [0.25, 0.3) is 0 Å². The van der Waals surface area contributed by atoms with Crippen molar-refractivity contribution < 1.29 is 48.6 Å². The van der Waals surface area contributed by atoms with Gasteiger partial charge in [-0.1, -0.05) is 0 Å². The Kier molecular flexibility index (Phi) is 37.0. The van der Waals surface area contributed by atoms with E-state index < -0.39 is 0 Å². The first kappa shape index (κ1) is 37.3. The van der Waals surface area contributed by atoms with Crippen LogP contribution in [-0.2, 0) is 48.6 Å². The Morgan fingerprint density at radius 3 is 1.68 bits per heavy atom. The monoisotopic (exact) mass is 431 g/mol. The molecule has 0 amide bonds. The normalized spacial score (nSPS) is 18.7. The molecule has 28 heavy (non-hydrogen) atoms. The first-order chi connectivity index (χ1) is 13.3. The zero-order valence-electron chi connectivity index (χ0n) is 16.6. The van der Waals surface area contributed by atoms with E-state index in [1.54, 1.807) is 4.90 Å². The number of hydrogen-bond donors (Lipinski definition) is 0. The second kappa shape index (κ2) is 27.7. The first-order valence-corrected chi connectivity index (χ1v) is 8.41. The minimum absolute atomic E-state index is 0.0737. The summed E-state index contributed by atoms with van der Waals surface area (Å²) in [6, 6.07) is 0. The first-order valence-electron chi connectivity index (χ1n) is 7.77. The number of rotatable bonds is 4. The van der Waals surface area contributed by atoms with Crippen LogP contribution in [0, 0.1) is 51.0 Å². The molecule has 8 nitrogen and oxygen atoms in total. The van der Waals surface area contributed by atoms with Crippen LogP contribution < -0.4 is 0 Å². The van der Waals surface area contributed by atoms with Gasteiger partial charge >= 0.3 is 175 Å². The summed E-state index contributed by atoms with van der Waals surface area (Å²) in [5.74, 6) is 1.50. The van der Waals surface area contributed by atoms with Crippen molar-refractivity contribution in [3.05, 3.63) is 33.3 Å². The summed E-state index contributed by atoms with van der Waals surface area (Å²) >= 11 is 2.79. The summed E-state index contributed by atoms with van der Waals surface area (Å²) in [6.45, 7) is 29.2. The van der Waals surface area contributed by atoms with E-state index >= 15 is 0 Å². The molecule has 154 valence electrons. The second-order valence-corrected chi connectivity index (χ2v) is 6.57. The average Bonchev–Trinajstić information content (AvgIpc) is 2.74. The number of esters is 1. The number of carbonyl (C=O) groups excluding carboxylic acids is 1. The van der Waals surface area contributed by atoms with Gasteiger partial charge in [-0.25, -0.2) is 0 Å². The van der Waals surface area contributed by atoms with Gasteiger partial charge in [-0.15, -0.1) is 0 Å². The Hall–Kier alpha value is -1.47. The van der Waals surface area contributed by atoms with Gasteiger partial charge in [0.15, 0.2) is 0 Å². The van der Waals surface area contributed by atoms with Crippen molar-refractivity contribution in [1.29, 1.82) is 0 Å². The average molecular weight is 431 g/mol. The fourth-order valence-corrected chi connectivity index (χ4v) is 2.70. The summed E-state index contributed by atoms with van der Waals surface area (Å²) in [6.07, 6.45) is 3.49. The van der Waals surface area contributed by atoms with Gasteiger partial charge in [0, 0.05) is 0 Å². The summed E-state index contributed by atoms with van der Waals surface area (Å²) in [5.41, 5.74) is 0. The summed E-state index contributed by atoms with van der Waals surface area (Å²) in [5, 5.41) is 0. The van der Waals surface area contributed by atoms with E-state index in [0.29, 0.717) is 22.3 Å². The molecular formula is C19H25CrNO7. The summed E-state index contributed by atoms with van der Waals surface area (Å²) in [4.78, 5) is 13.8. The van der Waals surface area contributed by atoms with E-state index in [1.807, 2.05) is 14.1 Å². The molecule has 0 spiro atoms. The maximum absolute atomic E-state index is 12.0. The van der Waals surface area contributed by atoms with Crippen molar-refractivity contribution in [1.82, 2.24) is 4.90 Å². The Morgan fingerprint density at radius 2 is 1.36 bits per heavy atom. The van der Waals surface area contributed by atoms with Crippen LogP contribution in [0.4, 0.5) is 0 Å². The molecule has 1 aliphatic carbocycles. The van der Waals surface area contributed by atoms with Crippen LogP contribution in [0.25, 0.3) is 0 Å².